The molecule has 11 heteroatoms. The normalized spacial score (nSPS) is 12.9. The molecule has 116 valence electrons. The number of nitro groups is 1. The molecule has 21 heavy (non-hydrogen) atoms. The van der Waals surface area contributed by atoms with E-state index < -0.39 is 56.4 Å². The predicted octanol–water partition coefficient (Wildman–Crippen LogP) is -0.152. The van der Waals surface area contributed by atoms with Crippen molar-refractivity contribution in [2.24, 2.45) is 0 Å². The molecule has 1 atom stereocenters. The molecular formula is C10H11FN2O7S. The van der Waals surface area contributed by atoms with E-state index in [1.54, 1.807) is 4.72 Å². The number of nitro benzene ring substituents is 1. The van der Waals surface area contributed by atoms with Crippen LogP contribution in [0.25, 0.3) is 0 Å². The standard InChI is InChI=1S/C10H11FN2O7S/c11-6-2-1-3-8(9(6)13(17)18)21(19,20)12-7(4-5-14)10(15)16/h1-3,7,12,14H,4-5H2,(H,15,16)/t7-/m0/s1. The molecule has 0 spiro atoms. The Morgan fingerprint density at radius 3 is 2.57 bits per heavy atom. The second-order valence-corrected chi connectivity index (χ2v) is 5.55. The highest BCUT2D eigenvalue weighted by Crippen LogP contribution is 2.26. The van der Waals surface area contributed by atoms with E-state index in [1.165, 1.54) is 0 Å². The number of sulfonamides is 1. The fourth-order valence-electron chi connectivity index (χ4n) is 1.50. The second-order valence-electron chi connectivity index (χ2n) is 3.87. The quantitative estimate of drug-likeness (QED) is 0.467. The summed E-state index contributed by atoms with van der Waals surface area (Å²) in [5.74, 6) is -2.94. The van der Waals surface area contributed by atoms with Gasteiger partial charge in [0, 0.05) is 6.61 Å². The van der Waals surface area contributed by atoms with Crippen LogP contribution in [0.5, 0.6) is 0 Å². The van der Waals surface area contributed by atoms with E-state index in [9.17, 15) is 27.7 Å². The van der Waals surface area contributed by atoms with Crippen LogP contribution in [-0.2, 0) is 14.8 Å². The highest BCUT2D eigenvalue weighted by Gasteiger charge is 2.32. The molecule has 0 aliphatic rings. The van der Waals surface area contributed by atoms with Crippen molar-refractivity contribution < 1.29 is 32.7 Å². The van der Waals surface area contributed by atoms with Gasteiger partial charge >= 0.3 is 11.7 Å². The van der Waals surface area contributed by atoms with Gasteiger partial charge in [-0.15, -0.1) is 0 Å². The third-order valence-electron chi connectivity index (χ3n) is 2.44. The minimum absolute atomic E-state index is 0.447. The Bertz CT molecular complexity index is 661. The summed E-state index contributed by atoms with van der Waals surface area (Å²) in [6, 6.07) is 0.738. The summed E-state index contributed by atoms with van der Waals surface area (Å²) >= 11 is 0. The van der Waals surface area contributed by atoms with Crippen LogP contribution < -0.4 is 4.72 Å². The Morgan fingerprint density at radius 1 is 1.48 bits per heavy atom. The summed E-state index contributed by atoms with van der Waals surface area (Å²) in [4.78, 5) is 19.4. The number of carboxylic acid groups (broad SMARTS) is 1. The van der Waals surface area contributed by atoms with E-state index in [4.69, 9.17) is 10.2 Å². The number of benzene rings is 1. The highest BCUT2D eigenvalue weighted by atomic mass is 32.2. The molecule has 0 aliphatic carbocycles. The summed E-state index contributed by atoms with van der Waals surface area (Å²) in [7, 11) is -4.65. The van der Waals surface area contributed by atoms with Crippen LogP contribution in [0.3, 0.4) is 0 Å². The van der Waals surface area contributed by atoms with Gasteiger partial charge in [-0.25, -0.2) is 8.42 Å². The van der Waals surface area contributed by atoms with Crippen LogP contribution >= 0.6 is 0 Å². The van der Waals surface area contributed by atoms with Crippen molar-refractivity contribution >= 4 is 21.7 Å². The monoisotopic (exact) mass is 322 g/mol. The Kier molecular flexibility index (Phi) is 5.29. The van der Waals surface area contributed by atoms with Crippen molar-refractivity contribution in [2.75, 3.05) is 6.61 Å². The number of hydrogen-bond donors (Lipinski definition) is 3. The summed E-state index contributed by atoms with van der Waals surface area (Å²) < 4.78 is 39.0. The minimum Gasteiger partial charge on any atom is -0.480 e. The van der Waals surface area contributed by atoms with E-state index in [1.807, 2.05) is 0 Å². The Balaban J connectivity index is 3.29. The molecule has 0 unspecified atom stereocenters. The van der Waals surface area contributed by atoms with Gasteiger partial charge in [-0.05, 0) is 18.6 Å². The van der Waals surface area contributed by atoms with Gasteiger partial charge in [0.2, 0.25) is 15.8 Å². The first-order chi connectivity index (χ1) is 9.70. The Hall–Kier alpha value is -2.11. The number of aliphatic carboxylic acids is 1. The molecule has 0 aliphatic heterocycles. The van der Waals surface area contributed by atoms with Gasteiger partial charge in [0.25, 0.3) is 0 Å². The SMILES string of the molecule is O=C(O)[C@H](CCO)NS(=O)(=O)c1cccc(F)c1[N+](=O)[O-]. The third-order valence-corrected chi connectivity index (χ3v) is 3.94. The molecule has 9 nitrogen and oxygen atoms in total. The molecule has 0 amide bonds. The van der Waals surface area contributed by atoms with Crippen LogP contribution in [0.15, 0.2) is 23.1 Å². The lowest BCUT2D eigenvalue weighted by molar-refractivity contribution is -0.390. The summed E-state index contributed by atoms with van der Waals surface area (Å²) in [6.45, 7) is -0.620. The maximum atomic E-state index is 13.4. The first-order valence-electron chi connectivity index (χ1n) is 5.49. The zero-order valence-corrected chi connectivity index (χ0v) is 11.2. The van der Waals surface area contributed by atoms with Crippen LogP contribution in [0.4, 0.5) is 10.1 Å². The van der Waals surface area contributed by atoms with Gasteiger partial charge in [-0.3, -0.25) is 14.9 Å². The van der Waals surface area contributed by atoms with Crippen molar-refractivity contribution in [1.29, 1.82) is 0 Å². The number of aliphatic hydroxyl groups is 1. The van der Waals surface area contributed by atoms with Crippen molar-refractivity contribution in [1.82, 2.24) is 4.72 Å². The van der Waals surface area contributed by atoms with E-state index in [-0.39, 0.29) is 0 Å². The van der Waals surface area contributed by atoms with Crippen molar-refractivity contribution in [2.45, 2.75) is 17.4 Å². The fourth-order valence-corrected chi connectivity index (χ4v) is 2.91. The van der Waals surface area contributed by atoms with E-state index in [2.05, 4.69) is 0 Å². The fraction of sp³-hybridized carbons (Fsp3) is 0.300. The van der Waals surface area contributed by atoms with Gasteiger partial charge in [-0.2, -0.15) is 9.11 Å². The maximum Gasteiger partial charge on any atom is 0.324 e. The summed E-state index contributed by atoms with van der Waals surface area (Å²) in [5.41, 5.74) is -1.28. The number of carboxylic acids is 1. The van der Waals surface area contributed by atoms with Crippen molar-refractivity contribution in [3.63, 3.8) is 0 Å². The van der Waals surface area contributed by atoms with E-state index >= 15 is 0 Å². The maximum absolute atomic E-state index is 13.4. The summed E-state index contributed by atoms with van der Waals surface area (Å²) in [6.07, 6.45) is -0.447. The molecule has 1 rings (SSSR count). The van der Waals surface area contributed by atoms with Gasteiger partial charge in [0.15, 0.2) is 4.90 Å². The van der Waals surface area contributed by atoms with Crippen LogP contribution in [0, 0.1) is 15.9 Å². The number of halogens is 1. The number of carbonyl (C=O) groups is 1. The number of rotatable bonds is 7. The molecule has 1 aromatic carbocycles. The number of aliphatic hydroxyl groups excluding tert-OH is 1. The molecule has 3 N–H and O–H groups in total. The number of para-hydroxylation sites is 1. The lowest BCUT2D eigenvalue weighted by Gasteiger charge is -2.13. The van der Waals surface area contributed by atoms with Crippen LogP contribution in [-0.4, -0.2) is 42.2 Å². The average Bonchev–Trinajstić information content (AvgIpc) is 2.37. The Labute approximate surface area is 118 Å². The van der Waals surface area contributed by atoms with Gasteiger partial charge in [-0.1, -0.05) is 6.07 Å². The van der Waals surface area contributed by atoms with Gasteiger partial charge in [0.05, 0.1) is 4.92 Å². The van der Waals surface area contributed by atoms with E-state index in [0.29, 0.717) is 6.07 Å². The summed E-state index contributed by atoms with van der Waals surface area (Å²) in [5, 5.41) is 28.2. The average molecular weight is 322 g/mol. The predicted molar refractivity (Wildman–Crippen MR) is 66.5 cm³/mol. The second kappa shape index (κ2) is 6.56. The largest absolute Gasteiger partial charge is 0.480 e. The Morgan fingerprint density at radius 2 is 2.10 bits per heavy atom. The number of nitrogens with one attached hydrogen (secondary N) is 1. The first kappa shape index (κ1) is 16.9. The van der Waals surface area contributed by atoms with Crippen molar-refractivity contribution in [3.8, 4) is 0 Å². The lowest BCUT2D eigenvalue weighted by atomic mass is 10.2. The number of hydrogen-bond acceptors (Lipinski definition) is 6. The molecule has 0 aromatic heterocycles. The van der Waals surface area contributed by atoms with Gasteiger partial charge < -0.3 is 10.2 Å². The highest BCUT2D eigenvalue weighted by molar-refractivity contribution is 7.89. The molecule has 0 radical (unpaired) electrons. The first-order valence-corrected chi connectivity index (χ1v) is 6.98. The molecule has 0 heterocycles. The van der Waals surface area contributed by atoms with Crippen LogP contribution in [0.2, 0.25) is 0 Å². The molecule has 1 aromatic rings. The number of nitrogens with zero attached hydrogens (tertiary/aromatic N) is 1. The minimum atomic E-state index is -4.65. The zero-order valence-electron chi connectivity index (χ0n) is 10.4. The van der Waals surface area contributed by atoms with Crippen LogP contribution in [0.1, 0.15) is 6.42 Å². The molecule has 0 saturated carbocycles. The molecule has 0 bridgehead atoms. The lowest BCUT2D eigenvalue weighted by Crippen LogP contribution is -2.41. The van der Waals surface area contributed by atoms with Crippen molar-refractivity contribution in [3.05, 3.63) is 34.1 Å². The van der Waals surface area contributed by atoms with E-state index in [0.717, 1.165) is 12.1 Å². The zero-order chi connectivity index (χ0) is 16.2. The third kappa shape index (κ3) is 3.93. The smallest absolute Gasteiger partial charge is 0.324 e. The van der Waals surface area contributed by atoms with Gasteiger partial charge in [0.1, 0.15) is 6.04 Å². The molecular weight excluding hydrogens is 311 g/mol. The topological polar surface area (TPSA) is 147 Å². The molecule has 0 fully saturated rings. The molecule has 0 saturated heterocycles.